The molecule has 0 unspecified atom stereocenters. The maximum atomic E-state index is 13.0. The number of fused-ring (bicyclic) bond motifs is 1. The number of nitrogens with one attached hydrogen (secondary N) is 1. The highest BCUT2D eigenvalue weighted by molar-refractivity contribution is 8.00. The van der Waals surface area contributed by atoms with Gasteiger partial charge in [-0.05, 0) is 31.3 Å². The van der Waals surface area contributed by atoms with Gasteiger partial charge in [0.25, 0.3) is 0 Å². The summed E-state index contributed by atoms with van der Waals surface area (Å²) in [4.78, 5) is 24.9. The van der Waals surface area contributed by atoms with Crippen LogP contribution in [0.1, 0.15) is 20.4 Å². The fraction of sp³-hybridized carbons (Fsp3) is 0.250. The topological polar surface area (TPSA) is 67.8 Å². The van der Waals surface area contributed by atoms with Crippen LogP contribution in [0.3, 0.4) is 0 Å². The first kappa shape index (κ1) is 21.5. The van der Waals surface area contributed by atoms with Gasteiger partial charge in [0.1, 0.15) is 5.03 Å². The zero-order valence-corrected chi connectivity index (χ0v) is 16.4. The number of Topliss-reactive ketones (excluding diaryl/α,β-unsaturated/α-hetero) is 1. The van der Waals surface area contributed by atoms with E-state index in [-0.39, 0.29) is 34.6 Å². The number of ketones is 1. The van der Waals surface area contributed by atoms with Gasteiger partial charge < -0.3 is 5.32 Å². The summed E-state index contributed by atoms with van der Waals surface area (Å²) in [5, 5.41) is 3.48. The lowest BCUT2D eigenvalue weighted by Crippen LogP contribution is -2.12. The average molecular weight is 435 g/mol. The molecule has 0 aliphatic heterocycles. The van der Waals surface area contributed by atoms with Gasteiger partial charge in [0.2, 0.25) is 5.82 Å². The van der Waals surface area contributed by atoms with Gasteiger partial charge in [0.15, 0.2) is 11.4 Å². The van der Waals surface area contributed by atoms with Crippen LogP contribution >= 0.6 is 35.5 Å². The number of hydrogen-bond acceptors (Lipinski definition) is 7. The highest BCUT2D eigenvalue weighted by atomic mass is 35.5. The molecule has 0 amide bonds. The van der Waals surface area contributed by atoms with Crippen LogP contribution in [0.2, 0.25) is 0 Å². The largest absolute Gasteiger partial charge is 0.451 e. The Morgan fingerprint density at radius 1 is 1.26 bits per heavy atom. The average Bonchev–Trinajstić information content (AvgIpc) is 3.07. The third kappa shape index (κ3) is 5.16. The van der Waals surface area contributed by atoms with E-state index in [0.29, 0.717) is 16.8 Å². The summed E-state index contributed by atoms with van der Waals surface area (Å²) in [6.45, 7) is 0.655. The Morgan fingerprint density at radius 3 is 2.74 bits per heavy atom. The molecule has 0 fully saturated rings. The molecule has 3 rings (SSSR count). The molecule has 11 heteroatoms. The van der Waals surface area contributed by atoms with Crippen molar-refractivity contribution in [1.29, 1.82) is 0 Å². The van der Waals surface area contributed by atoms with Gasteiger partial charge in [-0.25, -0.2) is 15.0 Å². The molecule has 0 atom stereocenters. The standard InChI is InChI=1S/C16H13F3N4OS2.ClH/c1-20-7-9-4-5-12(26-9)11(24)8-25-14-10-3-2-6-21-13(10)22-15(23-14)16(17,18)19;/h2-6,20H,7-8H2,1H3;1H. The lowest BCUT2D eigenvalue weighted by molar-refractivity contribution is -0.145. The van der Waals surface area contributed by atoms with Crippen LogP contribution in [0, 0.1) is 0 Å². The Bertz CT molecular complexity index is 949. The van der Waals surface area contributed by atoms with Crippen molar-refractivity contribution in [3.05, 3.63) is 46.0 Å². The third-order valence-electron chi connectivity index (χ3n) is 3.32. The highest BCUT2D eigenvalue weighted by Gasteiger charge is 2.35. The summed E-state index contributed by atoms with van der Waals surface area (Å²) >= 11 is 2.32. The Labute approximate surface area is 167 Å². The Balaban J connectivity index is 0.00000261. The quantitative estimate of drug-likeness (QED) is 0.356. The summed E-state index contributed by atoms with van der Waals surface area (Å²) in [5.74, 6) is -1.43. The van der Waals surface area contributed by atoms with E-state index >= 15 is 0 Å². The van der Waals surface area contributed by atoms with Crippen LogP contribution in [-0.2, 0) is 12.7 Å². The van der Waals surface area contributed by atoms with E-state index in [9.17, 15) is 18.0 Å². The van der Waals surface area contributed by atoms with Crippen LogP contribution < -0.4 is 5.32 Å². The van der Waals surface area contributed by atoms with Crippen molar-refractivity contribution in [1.82, 2.24) is 20.3 Å². The number of thioether (sulfide) groups is 1. The van der Waals surface area contributed by atoms with Crippen LogP contribution in [0.25, 0.3) is 11.0 Å². The normalized spacial score (nSPS) is 11.4. The molecular formula is C16H14ClF3N4OS2. The number of halogens is 4. The predicted octanol–water partition coefficient (Wildman–Crippen LogP) is 4.22. The lowest BCUT2D eigenvalue weighted by Gasteiger charge is -2.09. The van der Waals surface area contributed by atoms with Crippen molar-refractivity contribution in [3.63, 3.8) is 0 Å². The molecule has 0 bridgehead atoms. The SMILES string of the molecule is CNCc1ccc(C(=O)CSc2nc(C(F)(F)F)nc3ncccc23)s1.Cl. The second-order valence-electron chi connectivity index (χ2n) is 5.23. The molecule has 144 valence electrons. The van der Waals surface area contributed by atoms with E-state index in [1.807, 2.05) is 13.1 Å². The van der Waals surface area contributed by atoms with E-state index in [2.05, 4.69) is 20.3 Å². The van der Waals surface area contributed by atoms with E-state index in [0.717, 1.165) is 16.6 Å². The van der Waals surface area contributed by atoms with E-state index in [1.54, 1.807) is 18.2 Å². The van der Waals surface area contributed by atoms with Crippen molar-refractivity contribution in [2.24, 2.45) is 0 Å². The molecule has 0 spiro atoms. The summed E-state index contributed by atoms with van der Waals surface area (Å²) in [7, 11) is 1.81. The first-order chi connectivity index (χ1) is 12.4. The van der Waals surface area contributed by atoms with Gasteiger partial charge in [0, 0.05) is 17.6 Å². The molecule has 3 aromatic rings. The molecule has 0 aliphatic carbocycles. The Morgan fingerprint density at radius 2 is 2.04 bits per heavy atom. The van der Waals surface area contributed by atoms with Crippen LogP contribution in [0.5, 0.6) is 0 Å². The molecule has 1 N–H and O–H groups in total. The predicted molar refractivity (Wildman–Crippen MR) is 102 cm³/mol. The number of rotatable bonds is 6. The Hall–Kier alpha value is -1.75. The number of aromatic nitrogens is 3. The number of hydrogen-bond donors (Lipinski definition) is 1. The molecule has 3 heterocycles. The zero-order valence-electron chi connectivity index (χ0n) is 13.9. The number of pyridine rings is 1. The molecule has 27 heavy (non-hydrogen) atoms. The Kier molecular flexibility index (Phi) is 7.15. The van der Waals surface area contributed by atoms with Crippen LogP contribution in [0.4, 0.5) is 13.2 Å². The molecule has 0 radical (unpaired) electrons. The number of alkyl halides is 3. The molecule has 0 aliphatic rings. The number of carbonyl (C=O) groups excluding carboxylic acids is 1. The minimum atomic E-state index is -4.68. The van der Waals surface area contributed by atoms with Crippen molar-refractivity contribution in [3.8, 4) is 0 Å². The van der Waals surface area contributed by atoms with E-state index in [1.165, 1.54) is 17.5 Å². The molecule has 0 saturated heterocycles. The van der Waals surface area contributed by atoms with Crippen molar-refractivity contribution in [2.45, 2.75) is 17.7 Å². The number of thiophene rings is 1. The van der Waals surface area contributed by atoms with Crippen LogP contribution in [0.15, 0.2) is 35.5 Å². The second-order valence-corrected chi connectivity index (χ2v) is 7.37. The molecule has 5 nitrogen and oxygen atoms in total. The lowest BCUT2D eigenvalue weighted by atomic mass is 10.3. The van der Waals surface area contributed by atoms with Gasteiger partial charge in [-0.2, -0.15) is 13.2 Å². The summed E-state index contributed by atoms with van der Waals surface area (Å²) < 4.78 is 39.0. The third-order valence-corrected chi connectivity index (χ3v) is 5.43. The fourth-order valence-corrected chi connectivity index (χ4v) is 4.11. The second kappa shape index (κ2) is 8.96. The van der Waals surface area contributed by atoms with Gasteiger partial charge in [-0.1, -0.05) is 11.8 Å². The van der Waals surface area contributed by atoms with E-state index < -0.39 is 12.0 Å². The molecule has 0 aromatic carbocycles. The maximum Gasteiger partial charge on any atom is 0.451 e. The minimum Gasteiger partial charge on any atom is -0.315 e. The molecular weight excluding hydrogens is 421 g/mol. The number of carbonyl (C=O) groups is 1. The van der Waals surface area contributed by atoms with Crippen molar-refractivity contribution < 1.29 is 18.0 Å². The monoisotopic (exact) mass is 434 g/mol. The zero-order chi connectivity index (χ0) is 18.7. The summed E-state index contributed by atoms with van der Waals surface area (Å²) in [6, 6.07) is 6.76. The van der Waals surface area contributed by atoms with Gasteiger partial charge in [-0.15, -0.1) is 23.7 Å². The minimum absolute atomic E-state index is 0. The van der Waals surface area contributed by atoms with E-state index in [4.69, 9.17) is 0 Å². The summed E-state index contributed by atoms with van der Waals surface area (Å²) in [6.07, 6.45) is -3.31. The molecule has 3 aromatic heterocycles. The van der Waals surface area contributed by atoms with Gasteiger partial charge in [-0.3, -0.25) is 4.79 Å². The first-order valence-corrected chi connectivity index (χ1v) is 9.28. The highest BCUT2D eigenvalue weighted by Crippen LogP contribution is 2.32. The van der Waals surface area contributed by atoms with Crippen molar-refractivity contribution in [2.75, 3.05) is 12.8 Å². The van der Waals surface area contributed by atoms with Gasteiger partial charge >= 0.3 is 6.18 Å². The fourth-order valence-electron chi connectivity index (χ4n) is 2.17. The summed E-state index contributed by atoms with van der Waals surface area (Å²) in [5.41, 5.74) is -0.0443. The number of nitrogens with zero attached hydrogens (tertiary/aromatic N) is 3. The maximum absolute atomic E-state index is 13.0. The smallest absolute Gasteiger partial charge is 0.315 e. The molecule has 0 saturated carbocycles. The first-order valence-electron chi connectivity index (χ1n) is 7.48. The van der Waals surface area contributed by atoms with Crippen LogP contribution in [-0.4, -0.2) is 33.5 Å². The van der Waals surface area contributed by atoms with Gasteiger partial charge in [0.05, 0.1) is 16.0 Å². The van der Waals surface area contributed by atoms with Crippen molar-refractivity contribution >= 4 is 52.3 Å².